The first-order chi connectivity index (χ1) is 13.5. The van der Waals surface area contributed by atoms with Crippen LogP contribution >= 0.6 is 11.3 Å². The van der Waals surface area contributed by atoms with Crippen molar-refractivity contribution in [2.24, 2.45) is 7.05 Å². The molecule has 0 atom stereocenters. The lowest BCUT2D eigenvalue weighted by Crippen LogP contribution is -2.40. The molecule has 28 heavy (non-hydrogen) atoms. The molecule has 1 aromatic carbocycles. The summed E-state index contributed by atoms with van der Waals surface area (Å²) in [5, 5.41) is 2.16. The Morgan fingerprint density at radius 1 is 1.18 bits per heavy atom. The molecule has 7 nitrogen and oxygen atoms in total. The van der Waals surface area contributed by atoms with E-state index in [1.54, 1.807) is 7.05 Å². The highest BCUT2D eigenvalue weighted by Crippen LogP contribution is 2.21. The van der Waals surface area contributed by atoms with Gasteiger partial charge in [-0.05, 0) is 35.7 Å². The largest absolute Gasteiger partial charge is 0.492 e. The molecule has 3 aromatic heterocycles. The second-order valence-electron chi connectivity index (χ2n) is 6.01. The summed E-state index contributed by atoms with van der Waals surface area (Å²) >= 11 is 1.48. The monoisotopic (exact) mass is 398 g/mol. The molecule has 0 aliphatic rings. The molecule has 0 unspecified atom stereocenters. The zero-order valence-corrected chi connectivity index (χ0v) is 15.6. The number of ether oxygens (including phenoxy) is 1. The fourth-order valence-corrected chi connectivity index (χ4v) is 3.46. The Bertz CT molecular complexity index is 1250. The Kier molecular flexibility index (Phi) is 4.74. The second-order valence-corrected chi connectivity index (χ2v) is 6.96. The fraction of sp³-hybridized carbons (Fsp3) is 0.158. The minimum Gasteiger partial charge on any atom is -0.492 e. The first-order valence-corrected chi connectivity index (χ1v) is 9.31. The Morgan fingerprint density at radius 3 is 2.68 bits per heavy atom. The summed E-state index contributed by atoms with van der Waals surface area (Å²) in [6.45, 7) is 0.131. The van der Waals surface area contributed by atoms with Crippen molar-refractivity contribution in [2.45, 2.75) is 6.54 Å². The van der Waals surface area contributed by atoms with Gasteiger partial charge >= 0.3 is 5.69 Å². The standard InChI is InChI=1S/C19H15FN4O3S/c1-23-17-14(11-21-16(22-17)15-3-2-10-28-15)18(25)24(19(23)26)8-9-27-13-6-4-12(20)5-7-13/h2-7,10-11H,8-9H2,1H3. The fourth-order valence-electron chi connectivity index (χ4n) is 2.79. The zero-order valence-electron chi connectivity index (χ0n) is 14.8. The Balaban J connectivity index is 1.65. The van der Waals surface area contributed by atoms with Gasteiger partial charge in [0, 0.05) is 13.2 Å². The summed E-state index contributed by atoms with van der Waals surface area (Å²) in [5.41, 5.74) is -0.682. The van der Waals surface area contributed by atoms with Gasteiger partial charge in [0.05, 0.1) is 11.4 Å². The van der Waals surface area contributed by atoms with Crippen LogP contribution in [0.15, 0.2) is 57.6 Å². The third-order valence-electron chi connectivity index (χ3n) is 4.22. The number of nitrogens with zero attached hydrogens (tertiary/aromatic N) is 4. The number of halogens is 1. The topological polar surface area (TPSA) is 79.0 Å². The van der Waals surface area contributed by atoms with E-state index in [0.29, 0.717) is 11.6 Å². The molecule has 4 rings (SSSR count). The molecular formula is C19H15FN4O3S. The van der Waals surface area contributed by atoms with Gasteiger partial charge in [-0.25, -0.2) is 19.2 Å². The van der Waals surface area contributed by atoms with Crippen molar-refractivity contribution < 1.29 is 9.13 Å². The Labute approximate surface area is 162 Å². The number of aromatic nitrogens is 4. The van der Waals surface area contributed by atoms with Crippen molar-refractivity contribution >= 4 is 22.4 Å². The van der Waals surface area contributed by atoms with Gasteiger partial charge in [-0.2, -0.15) is 0 Å². The molecular weight excluding hydrogens is 383 g/mol. The van der Waals surface area contributed by atoms with Gasteiger partial charge in [-0.1, -0.05) is 6.07 Å². The van der Waals surface area contributed by atoms with E-state index in [1.807, 2.05) is 17.5 Å². The van der Waals surface area contributed by atoms with E-state index < -0.39 is 11.2 Å². The van der Waals surface area contributed by atoms with Crippen molar-refractivity contribution in [1.82, 2.24) is 19.1 Å². The summed E-state index contributed by atoms with van der Waals surface area (Å²) in [6, 6.07) is 9.27. The Hall–Kier alpha value is -3.33. The SMILES string of the molecule is Cn1c(=O)n(CCOc2ccc(F)cc2)c(=O)c2cnc(-c3cccs3)nc21. The maximum Gasteiger partial charge on any atom is 0.332 e. The van der Waals surface area contributed by atoms with Crippen LogP contribution in [0.5, 0.6) is 5.75 Å². The van der Waals surface area contributed by atoms with E-state index in [4.69, 9.17) is 4.74 Å². The lowest BCUT2D eigenvalue weighted by Gasteiger charge is -2.11. The third kappa shape index (κ3) is 3.31. The highest BCUT2D eigenvalue weighted by Gasteiger charge is 2.14. The van der Waals surface area contributed by atoms with Gasteiger partial charge in [0.2, 0.25) is 0 Å². The van der Waals surface area contributed by atoms with Gasteiger partial charge in [-0.15, -0.1) is 11.3 Å². The molecule has 0 amide bonds. The average Bonchev–Trinajstić information content (AvgIpc) is 3.25. The maximum absolute atomic E-state index is 12.9. The van der Waals surface area contributed by atoms with Crippen LogP contribution in [0.3, 0.4) is 0 Å². The van der Waals surface area contributed by atoms with Crippen LogP contribution in [0.2, 0.25) is 0 Å². The predicted octanol–water partition coefficient (Wildman–Crippen LogP) is 2.44. The molecule has 0 radical (unpaired) electrons. The van der Waals surface area contributed by atoms with E-state index >= 15 is 0 Å². The van der Waals surface area contributed by atoms with Crippen LogP contribution in [0, 0.1) is 5.82 Å². The summed E-state index contributed by atoms with van der Waals surface area (Å²) < 4.78 is 20.8. The van der Waals surface area contributed by atoms with Crippen LogP contribution in [-0.4, -0.2) is 25.7 Å². The molecule has 0 spiro atoms. The van der Waals surface area contributed by atoms with Crippen molar-refractivity contribution in [3.63, 3.8) is 0 Å². The maximum atomic E-state index is 12.9. The van der Waals surface area contributed by atoms with E-state index in [-0.39, 0.29) is 30.0 Å². The molecule has 0 aliphatic carbocycles. The number of benzene rings is 1. The van der Waals surface area contributed by atoms with Crippen molar-refractivity contribution in [3.8, 4) is 16.5 Å². The minimum atomic E-state index is -0.490. The minimum absolute atomic E-state index is 0.0471. The van der Waals surface area contributed by atoms with Crippen molar-refractivity contribution in [2.75, 3.05) is 6.61 Å². The van der Waals surface area contributed by atoms with Gasteiger partial charge in [-0.3, -0.25) is 13.9 Å². The number of fused-ring (bicyclic) bond motifs is 1. The molecule has 0 aliphatic heterocycles. The molecule has 0 bridgehead atoms. The molecule has 0 saturated heterocycles. The van der Waals surface area contributed by atoms with Gasteiger partial charge in [0.15, 0.2) is 11.5 Å². The number of hydrogen-bond donors (Lipinski definition) is 0. The normalized spacial score (nSPS) is 11.1. The highest BCUT2D eigenvalue weighted by atomic mass is 32.1. The smallest absolute Gasteiger partial charge is 0.332 e. The lowest BCUT2D eigenvalue weighted by molar-refractivity contribution is 0.292. The molecule has 0 saturated carbocycles. The first kappa shape index (κ1) is 18.1. The van der Waals surface area contributed by atoms with Crippen LogP contribution in [-0.2, 0) is 13.6 Å². The summed E-state index contributed by atoms with van der Waals surface area (Å²) in [4.78, 5) is 34.9. The number of aryl methyl sites for hydroxylation is 1. The molecule has 0 fully saturated rings. The molecule has 0 N–H and O–H groups in total. The Morgan fingerprint density at radius 2 is 1.96 bits per heavy atom. The van der Waals surface area contributed by atoms with E-state index in [9.17, 15) is 14.0 Å². The number of thiophene rings is 1. The van der Waals surface area contributed by atoms with Crippen LogP contribution in [0.1, 0.15) is 0 Å². The summed E-state index contributed by atoms with van der Waals surface area (Å²) in [7, 11) is 1.56. The summed E-state index contributed by atoms with van der Waals surface area (Å²) in [5.74, 6) is 0.555. The third-order valence-corrected chi connectivity index (χ3v) is 5.08. The average molecular weight is 398 g/mol. The quantitative estimate of drug-likeness (QED) is 0.516. The van der Waals surface area contributed by atoms with E-state index in [1.165, 1.54) is 46.4 Å². The van der Waals surface area contributed by atoms with Crippen LogP contribution in [0.4, 0.5) is 4.39 Å². The van der Waals surface area contributed by atoms with Crippen LogP contribution in [0.25, 0.3) is 21.7 Å². The molecule has 142 valence electrons. The highest BCUT2D eigenvalue weighted by molar-refractivity contribution is 7.13. The lowest BCUT2D eigenvalue weighted by atomic mass is 10.3. The molecule has 4 aromatic rings. The first-order valence-electron chi connectivity index (χ1n) is 8.43. The number of hydrogen-bond acceptors (Lipinski definition) is 6. The van der Waals surface area contributed by atoms with E-state index in [2.05, 4.69) is 9.97 Å². The second kappa shape index (κ2) is 7.35. The molecule has 9 heteroatoms. The van der Waals surface area contributed by atoms with Crippen molar-refractivity contribution in [1.29, 1.82) is 0 Å². The van der Waals surface area contributed by atoms with Crippen molar-refractivity contribution in [3.05, 3.63) is 74.6 Å². The zero-order chi connectivity index (χ0) is 19.7. The number of rotatable bonds is 5. The predicted molar refractivity (Wildman–Crippen MR) is 104 cm³/mol. The summed E-state index contributed by atoms with van der Waals surface area (Å²) in [6.07, 6.45) is 1.44. The van der Waals surface area contributed by atoms with Gasteiger partial charge in [0.1, 0.15) is 23.6 Å². The van der Waals surface area contributed by atoms with Crippen LogP contribution < -0.4 is 16.0 Å². The van der Waals surface area contributed by atoms with E-state index in [0.717, 1.165) is 9.44 Å². The molecule has 3 heterocycles. The van der Waals surface area contributed by atoms with Gasteiger partial charge < -0.3 is 4.74 Å². The van der Waals surface area contributed by atoms with Gasteiger partial charge in [0.25, 0.3) is 5.56 Å².